The van der Waals surface area contributed by atoms with Gasteiger partial charge in [0.1, 0.15) is 18.5 Å². The molecular formula is C26H32N4O5. The van der Waals surface area contributed by atoms with E-state index in [2.05, 4.69) is 16.0 Å². The summed E-state index contributed by atoms with van der Waals surface area (Å²) < 4.78 is 12.2. The molecule has 2 aliphatic heterocycles. The van der Waals surface area contributed by atoms with E-state index in [0.29, 0.717) is 48.5 Å². The van der Waals surface area contributed by atoms with Crippen molar-refractivity contribution < 1.29 is 23.9 Å². The van der Waals surface area contributed by atoms with Crippen LogP contribution in [0.4, 0.5) is 16.2 Å². The quantitative estimate of drug-likeness (QED) is 0.607. The number of carbonyl (C=O) groups excluding carboxylic acids is 3. The fourth-order valence-electron chi connectivity index (χ4n) is 4.51. The van der Waals surface area contributed by atoms with E-state index in [4.69, 9.17) is 9.47 Å². The van der Waals surface area contributed by atoms with Crippen molar-refractivity contribution in [3.63, 3.8) is 0 Å². The van der Waals surface area contributed by atoms with Crippen LogP contribution in [0.3, 0.4) is 0 Å². The number of hydrogen-bond donors (Lipinski definition) is 3. The number of aryl methyl sites for hydroxylation is 1. The molecule has 2 heterocycles. The van der Waals surface area contributed by atoms with Crippen LogP contribution in [0.1, 0.15) is 42.1 Å². The van der Waals surface area contributed by atoms with Crippen molar-refractivity contribution in [1.82, 2.24) is 10.2 Å². The van der Waals surface area contributed by atoms with Gasteiger partial charge in [-0.05, 0) is 57.0 Å². The highest BCUT2D eigenvalue weighted by atomic mass is 16.5. The molecular weight excluding hydrogens is 448 g/mol. The standard InChI is InChI=1S/C26H32N4O5/c1-4-27-24(31)14-19-10-11-21-23(35-19)15-34-22-12-9-18(13-20(22)25(32)30(21)3)29-26(33)28-17-7-5-16(2)6-8-17/h5-9,12-13,19,21,23H,4,10-11,14-15H2,1-3H3,(H,27,31)(H2,28,29,33)/t19-,21-,23+/m1/s1. The first-order valence-electron chi connectivity index (χ1n) is 11.9. The van der Waals surface area contributed by atoms with E-state index in [-0.39, 0.29) is 36.7 Å². The highest BCUT2D eigenvalue weighted by Gasteiger charge is 2.39. The van der Waals surface area contributed by atoms with E-state index in [9.17, 15) is 14.4 Å². The van der Waals surface area contributed by atoms with E-state index in [1.54, 1.807) is 30.1 Å². The van der Waals surface area contributed by atoms with Gasteiger partial charge >= 0.3 is 6.03 Å². The van der Waals surface area contributed by atoms with E-state index < -0.39 is 6.03 Å². The first-order chi connectivity index (χ1) is 16.8. The molecule has 186 valence electrons. The van der Waals surface area contributed by atoms with Gasteiger partial charge in [0.25, 0.3) is 5.91 Å². The molecule has 2 aliphatic rings. The van der Waals surface area contributed by atoms with Crippen molar-refractivity contribution in [3.8, 4) is 5.75 Å². The average molecular weight is 481 g/mol. The lowest BCUT2D eigenvalue weighted by atomic mass is 9.94. The average Bonchev–Trinajstić information content (AvgIpc) is 2.83. The maximum Gasteiger partial charge on any atom is 0.323 e. The Morgan fingerprint density at radius 2 is 1.77 bits per heavy atom. The Morgan fingerprint density at radius 3 is 2.51 bits per heavy atom. The number of hydrogen-bond acceptors (Lipinski definition) is 5. The van der Waals surface area contributed by atoms with Gasteiger partial charge in [-0.2, -0.15) is 0 Å². The molecule has 0 aromatic heterocycles. The second-order valence-electron chi connectivity index (χ2n) is 8.98. The van der Waals surface area contributed by atoms with Crippen LogP contribution in [0.2, 0.25) is 0 Å². The van der Waals surface area contributed by atoms with Crippen LogP contribution in [0.15, 0.2) is 42.5 Å². The van der Waals surface area contributed by atoms with Gasteiger partial charge in [0, 0.05) is 25.0 Å². The van der Waals surface area contributed by atoms with Crippen LogP contribution >= 0.6 is 0 Å². The lowest BCUT2D eigenvalue weighted by Gasteiger charge is -2.42. The third-order valence-corrected chi connectivity index (χ3v) is 6.37. The lowest BCUT2D eigenvalue weighted by Crippen LogP contribution is -2.54. The molecule has 1 fully saturated rings. The molecule has 4 rings (SSSR count). The molecule has 0 bridgehead atoms. The first kappa shape index (κ1) is 24.5. The summed E-state index contributed by atoms with van der Waals surface area (Å²) >= 11 is 0. The van der Waals surface area contributed by atoms with Crippen LogP contribution < -0.4 is 20.7 Å². The molecule has 0 radical (unpaired) electrons. The summed E-state index contributed by atoms with van der Waals surface area (Å²) in [6.07, 6.45) is 1.16. The van der Waals surface area contributed by atoms with E-state index in [1.165, 1.54) is 0 Å². The summed E-state index contributed by atoms with van der Waals surface area (Å²) in [5.41, 5.74) is 2.64. The predicted octanol–water partition coefficient (Wildman–Crippen LogP) is 3.55. The maximum atomic E-state index is 13.3. The second-order valence-corrected chi connectivity index (χ2v) is 8.98. The number of nitrogens with one attached hydrogen (secondary N) is 3. The topological polar surface area (TPSA) is 109 Å². The highest BCUT2D eigenvalue weighted by molar-refractivity contribution is 6.02. The summed E-state index contributed by atoms with van der Waals surface area (Å²) in [5, 5.41) is 8.36. The van der Waals surface area contributed by atoms with Crippen LogP contribution in [0, 0.1) is 6.92 Å². The minimum Gasteiger partial charge on any atom is -0.490 e. The van der Waals surface area contributed by atoms with Crippen molar-refractivity contribution in [2.75, 3.05) is 30.8 Å². The van der Waals surface area contributed by atoms with Gasteiger partial charge in [-0.1, -0.05) is 17.7 Å². The molecule has 1 saturated heterocycles. The van der Waals surface area contributed by atoms with Crippen molar-refractivity contribution in [2.45, 2.75) is 51.4 Å². The molecule has 4 amide bonds. The molecule has 3 N–H and O–H groups in total. The Hall–Kier alpha value is -3.59. The minimum absolute atomic E-state index is 0.0380. The predicted molar refractivity (Wildman–Crippen MR) is 133 cm³/mol. The minimum atomic E-state index is -0.403. The molecule has 0 spiro atoms. The summed E-state index contributed by atoms with van der Waals surface area (Å²) in [4.78, 5) is 39.5. The van der Waals surface area contributed by atoms with E-state index >= 15 is 0 Å². The maximum absolute atomic E-state index is 13.3. The normalized spacial score (nSPS) is 21.5. The summed E-state index contributed by atoms with van der Waals surface area (Å²) in [5.74, 6) is 0.186. The van der Waals surface area contributed by atoms with Crippen molar-refractivity contribution in [1.29, 1.82) is 0 Å². The SMILES string of the molecule is CCNC(=O)C[C@H]1CC[C@@H]2[C@H](COc3ccc(NC(=O)Nc4ccc(C)cc4)cc3C(=O)N2C)O1. The van der Waals surface area contributed by atoms with Gasteiger partial charge < -0.3 is 30.3 Å². The zero-order valence-electron chi connectivity index (χ0n) is 20.3. The first-order valence-corrected chi connectivity index (χ1v) is 11.9. The van der Waals surface area contributed by atoms with Crippen molar-refractivity contribution in [2.24, 2.45) is 0 Å². The Labute approximate surface area is 205 Å². The molecule has 35 heavy (non-hydrogen) atoms. The zero-order valence-corrected chi connectivity index (χ0v) is 20.3. The van der Waals surface area contributed by atoms with E-state index in [1.807, 2.05) is 38.1 Å². The van der Waals surface area contributed by atoms with Crippen LogP contribution in [0.25, 0.3) is 0 Å². The summed E-state index contributed by atoms with van der Waals surface area (Å²) in [7, 11) is 1.76. The van der Waals surface area contributed by atoms with Gasteiger partial charge in [-0.3, -0.25) is 9.59 Å². The molecule has 0 saturated carbocycles. The number of fused-ring (bicyclic) bond motifs is 2. The molecule has 9 nitrogen and oxygen atoms in total. The van der Waals surface area contributed by atoms with Crippen LogP contribution in [0.5, 0.6) is 5.75 Å². The molecule has 2 aromatic rings. The Bertz CT molecular complexity index is 1090. The van der Waals surface area contributed by atoms with Crippen LogP contribution in [-0.2, 0) is 9.53 Å². The number of rotatable bonds is 5. The molecule has 9 heteroatoms. The third kappa shape index (κ3) is 5.92. The van der Waals surface area contributed by atoms with Gasteiger partial charge in [-0.25, -0.2) is 4.79 Å². The smallest absolute Gasteiger partial charge is 0.323 e. The number of amides is 4. The monoisotopic (exact) mass is 480 g/mol. The number of urea groups is 1. The van der Waals surface area contributed by atoms with Crippen LogP contribution in [-0.4, -0.2) is 61.2 Å². The number of anilines is 2. The Morgan fingerprint density at radius 1 is 1.06 bits per heavy atom. The third-order valence-electron chi connectivity index (χ3n) is 6.37. The van der Waals surface area contributed by atoms with Gasteiger partial charge in [0.05, 0.1) is 24.1 Å². The highest BCUT2D eigenvalue weighted by Crippen LogP contribution is 2.32. The largest absolute Gasteiger partial charge is 0.490 e. The fraction of sp³-hybridized carbons (Fsp3) is 0.423. The molecule has 0 aliphatic carbocycles. The van der Waals surface area contributed by atoms with E-state index in [0.717, 1.165) is 5.56 Å². The number of carbonyl (C=O) groups is 3. The lowest BCUT2D eigenvalue weighted by molar-refractivity contribution is -0.133. The van der Waals surface area contributed by atoms with Crippen molar-refractivity contribution in [3.05, 3.63) is 53.6 Å². The number of likely N-dealkylation sites (N-methyl/N-ethyl adjacent to an activating group) is 1. The Kier molecular flexibility index (Phi) is 7.55. The van der Waals surface area contributed by atoms with Gasteiger partial charge in [-0.15, -0.1) is 0 Å². The molecule has 0 unspecified atom stereocenters. The second kappa shape index (κ2) is 10.8. The van der Waals surface area contributed by atoms with Gasteiger partial charge in [0.2, 0.25) is 5.91 Å². The number of benzene rings is 2. The Balaban J connectivity index is 1.44. The number of ether oxygens (including phenoxy) is 2. The number of nitrogens with zero attached hydrogens (tertiary/aromatic N) is 1. The summed E-state index contributed by atoms with van der Waals surface area (Å²) in [6.45, 7) is 4.71. The summed E-state index contributed by atoms with van der Waals surface area (Å²) in [6, 6.07) is 11.9. The molecule has 3 atom stereocenters. The zero-order chi connectivity index (χ0) is 24.9. The fourth-order valence-corrected chi connectivity index (χ4v) is 4.51. The molecule has 2 aromatic carbocycles. The van der Waals surface area contributed by atoms with Crippen molar-refractivity contribution >= 4 is 29.2 Å². The van der Waals surface area contributed by atoms with Gasteiger partial charge in [0.15, 0.2) is 0 Å².